The molecule has 1 fully saturated rings. The van der Waals surface area contributed by atoms with Gasteiger partial charge in [-0.15, -0.1) is 0 Å². The van der Waals surface area contributed by atoms with Crippen LogP contribution in [0.1, 0.15) is 53.4 Å². The molecule has 2 heterocycles. The van der Waals surface area contributed by atoms with E-state index in [1.54, 1.807) is 12.1 Å². The number of nitrogens with zero attached hydrogens (tertiary/aromatic N) is 2. The second kappa shape index (κ2) is 6.14. The summed E-state index contributed by atoms with van der Waals surface area (Å²) in [6.45, 7) is 4.33. The molecule has 1 saturated carbocycles. The summed E-state index contributed by atoms with van der Waals surface area (Å²) in [6.07, 6.45) is 2.24. The van der Waals surface area contributed by atoms with Gasteiger partial charge in [0.1, 0.15) is 5.76 Å². The van der Waals surface area contributed by atoms with E-state index in [4.69, 9.17) is 9.52 Å². The van der Waals surface area contributed by atoms with Crippen molar-refractivity contribution in [3.8, 4) is 0 Å². The van der Waals surface area contributed by atoms with Gasteiger partial charge in [-0.05, 0) is 51.3 Å². The number of carboxylic acids is 1. The zero-order chi connectivity index (χ0) is 17.3. The van der Waals surface area contributed by atoms with Crippen LogP contribution in [-0.2, 0) is 11.3 Å². The molecular weight excluding hydrogens is 310 g/mol. The third-order valence-corrected chi connectivity index (χ3v) is 4.47. The van der Waals surface area contributed by atoms with Crippen LogP contribution in [0.3, 0.4) is 0 Å². The Kier molecular flexibility index (Phi) is 4.17. The van der Waals surface area contributed by atoms with E-state index in [1.165, 1.54) is 0 Å². The van der Waals surface area contributed by atoms with E-state index in [-0.39, 0.29) is 18.1 Å². The third-order valence-electron chi connectivity index (χ3n) is 4.47. The van der Waals surface area contributed by atoms with Crippen LogP contribution in [0.25, 0.3) is 0 Å². The lowest BCUT2D eigenvalue weighted by Gasteiger charge is -2.41. The van der Waals surface area contributed by atoms with Crippen LogP contribution in [0.5, 0.6) is 0 Å². The van der Waals surface area contributed by atoms with Gasteiger partial charge in [0.05, 0.1) is 24.2 Å². The SMILES string of the molecule is Cc1cc(C)n(Cc2ccc(C(=O)NC3(CC(=O)O)CCC3)o2)n1. The normalized spacial score (nSPS) is 15.8. The molecule has 0 spiro atoms. The minimum Gasteiger partial charge on any atom is -0.481 e. The Morgan fingerprint density at radius 1 is 1.38 bits per heavy atom. The molecule has 0 aliphatic heterocycles. The lowest BCUT2D eigenvalue weighted by Crippen LogP contribution is -2.54. The van der Waals surface area contributed by atoms with E-state index in [2.05, 4.69) is 10.4 Å². The van der Waals surface area contributed by atoms with Crippen molar-refractivity contribution < 1.29 is 19.1 Å². The number of nitrogens with one attached hydrogen (secondary N) is 1. The van der Waals surface area contributed by atoms with Gasteiger partial charge >= 0.3 is 5.97 Å². The van der Waals surface area contributed by atoms with E-state index in [9.17, 15) is 9.59 Å². The number of hydrogen-bond acceptors (Lipinski definition) is 4. The topological polar surface area (TPSA) is 97.4 Å². The van der Waals surface area contributed by atoms with Crippen LogP contribution in [0.4, 0.5) is 0 Å². The summed E-state index contributed by atoms with van der Waals surface area (Å²) in [5, 5.41) is 16.2. The van der Waals surface area contributed by atoms with Crippen LogP contribution in [0.15, 0.2) is 22.6 Å². The van der Waals surface area contributed by atoms with Crippen LogP contribution < -0.4 is 5.32 Å². The molecule has 7 nitrogen and oxygen atoms in total. The smallest absolute Gasteiger partial charge is 0.305 e. The van der Waals surface area contributed by atoms with Crippen molar-refractivity contribution in [1.29, 1.82) is 0 Å². The van der Waals surface area contributed by atoms with Crippen molar-refractivity contribution in [2.45, 2.75) is 51.6 Å². The summed E-state index contributed by atoms with van der Waals surface area (Å²) in [7, 11) is 0. The third kappa shape index (κ3) is 3.34. The van der Waals surface area contributed by atoms with Crippen molar-refractivity contribution >= 4 is 11.9 Å². The lowest BCUT2D eigenvalue weighted by atomic mass is 9.74. The van der Waals surface area contributed by atoms with Crippen molar-refractivity contribution in [3.63, 3.8) is 0 Å². The number of aryl methyl sites for hydroxylation is 2. The fourth-order valence-corrected chi connectivity index (χ4v) is 3.11. The Morgan fingerprint density at radius 2 is 2.12 bits per heavy atom. The number of rotatable bonds is 6. The summed E-state index contributed by atoms with van der Waals surface area (Å²) < 4.78 is 7.43. The average Bonchev–Trinajstić information content (AvgIpc) is 3.03. The molecule has 2 aromatic rings. The Balaban J connectivity index is 1.67. The first-order chi connectivity index (χ1) is 11.4. The number of carbonyl (C=O) groups excluding carboxylic acids is 1. The van der Waals surface area contributed by atoms with E-state index in [0.717, 1.165) is 17.8 Å². The monoisotopic (exact) mass is 331 g/mol. The second-order valence-electron chi connectivity index (χ2n) is 6.51. The first-order valence-electron chi connectivity index (χ1n) is 8.01. The molecule has 3 rings (SSSR count). The summed E-state index contributed by atoms with van der Waals surface area (Å²) in [5.41, 5.74) is 1.31. The van der Waals surface area contributed by atoms with Gasteiger partial charge in [0.15, 0.2) is 5.76 Å². The Morgan fingerprint density at radius 3 is 2.67 bits per heavy atom. The maximum absolute atomic E-state index is 12.4. The standard InChI is InChI=1S/C17H21N3O4/c1-11-8-12(2)20(19-11)10-13-4-5-14(24-13)16(23)18-17(6-3-7-17)9-15(21)22/h4-5,8H,3,6-7,9-10H2,1-2H3,(H,18,23)(H,21,22). The predicted molar refractivity (Wildman–Crippen MR) is 85.8 cm³/mol. The molecule has 0 unspecified atom stereocenters. The first-order valence-corrected chi connectivity index (χ1v) is 8.01. The number of carboxylic acid groups (broad SMARTS) is 1. The number of carbonyl (C=O) groups is 2. The van der Waals surface area contributed by atoms with Gasteiger partial charge in [-0.1, -0.05) is 0 Å². The van der Waals surface area contributed by atoms with Crippen molar-refractivity contribution in [2.75, 3.05) is 0 Å². The summed E-state index contributed by atoms with van der Waals surface area (Å²) in [6, 6.07) is 5.34. The van der Waals surface area contributed by atoms with Crippen LogP contribution >= 0.6 is 0 Å². The molecule has 24 heavy (non-hydrogen) atoms. The van der Waals surface area contributed by atoms with Crippen molar-refractivity contribution in [2.24, 2.45) is 0 Å². The van der Waals surface area contributed by atoms with Gasteiger partial charge in [-0.2, -0.15) is 5.10 Å². The molecule has 0 radical (unpaired) electrons. The zero-order valence-corrected chi connectivity index (χ0v) is 13.8. The molecule has 0 aromatic carbocycles. The van der Waals surface area contributed by atoms with Gasteiger partial charge in [-0.3, -0.25) is 14.3 Å². The summed E-state index contributed by atoms with van der Waals surface area (Å²) >= 11 is 0. The molecule has 2 N–H and O–H groups in total. The molecule has 1 aliphatic rings. The first kappa shape index (κ1) is 16.3. The van der Waals surface area contributed by atoms with E-state index in [0.29, 0.717) is 25.1 Å². The zero-order valence-electron chi connectivity index (χ0n) is 13.8. The quantitative estimate of drug-likeness (QED) is 0.846. The average molecular weight is 331 g/mol. The molecular formula is C17H21N3O4. The number of furan rings is 1. The highest BCUT2D eigenvalue weighted by Crippen LogP contribution is 2.35. The Labute approximate surface area is 139 Å². The minimum atomic E-state index is -0.903. The number of hydrogen-bond donors (Lipinski definition) is 2. The lowest BCUT2D eigenvalue weighted by molar-refractivity contribution is -0.139. The van der Waals surface area contributed by atoms with E-state index >= 15 is 0 Å². The molecule has 7 heteroatoms. The molecule has 0 saturated heterocycles. The summed E-state index contributed by atoms with van der Waals surface area (Å²) in [4.78, 5) is 23.3. The Hall–Kier alpha value is -2.57. The fourth-order valence-electron chi connectivity index (χ4n) is 3.11. The predicted octanol–water partition coefficient (Wildman–Crippen LogP) is 2.27. The molecule has 1 amide bonds. The van der Waals surface area contributed by atoms with Gasteiger partial charge in [0, 0.05) is 5.69 Å². The number of aromatic nitrogens is 2. The fraction of sp³-hybridized carbons (Fsp3) is 0.471. The Bertz CT molecular complexity index is 771. The largest absolute Gasteiger partial charge is 0.481 e. The molecule has 1 aliphatic carbocycles. The highest BCUT2D eigenvalue weighted by Gasteiger charge is 2.40. The van der Waals surface area contributed by atoms with E-state index in [1.807, 2.05) is 24.6 Å². The van der Waals surface area contributed by atoms with Crippen LogP contribution in [0.2, 0.25) is 0 Å². The molecule has 0 bridgehead atoms. The molecule has 128 valence electrons. The number of aliphatic carboxylic acids is 1. The molecule has 2 aromatic heterocycles. The maximum atomic E-state index is 12.4. The number of amides is 1. The van der Waals surface area contributed by atoms with Crippen LogP contribution in [0, 0.1) is 13.8 Å². The highest BCUT2D eigenvalue weighted by atomic mass is 16.4. The van der Waals surface area contributed by atoms with Gasteiger partial charge in [-0.25, -0.2) is 0 Å². The molecule has 0 atom stereocenters. The summed E-state index contributed by atoms with van der Waals surface area (Å²) in [5.74, 6) is -0.439. The maximum Gasteiger partial charge on any atom is 0.305 e. The van der Waals surface area contributed by atoms with Gasteiger partial charge in [0.2, 0.25) is 0 Å². The van der Waals surface area contributed by atoms with Crippen molar-refractivity contribution in [3.05, 3.63) is 41.1 Å². The second-order valence-corrected chi connectivity index (χ2v) is 6.51. The van der Waals surface area contributed by atoms with Gasteiger partial charge < -0.3 is 14.8 Å². The van der Waals surface area contributed by atoms with Crippen LogP contribution in [-0.4, -0.2) is 32.3 Å². The highest BCUT2D eigenvalue weighted by molar-refractivity contribution is 5.92. The van der Waals surface area contributed by atoms with Crippen molar-refractivity contribution in [1.82, 2.24) is 15.1 Å². The van der Waals surface area contributed by atoms with Gasteiger partial charge in [0.25, 0.3) is 5.91 Å². The van der Waals surface area contributed by atoms with E-state index < -0.39 is 11.5 Å². The minimum absolute atomic E-state index is 0.0575.